The molecule has 5 nitrogen and oxygen atoms in total. The summed E-state index contributed by atoms with van der Waals surface area (Å²) in [5.41, 5.74) is 2.62. The lowest BCUT2D eigenvalue weighted by Gasteiger charge is -2.17. The summed E-state index contributed by atoms with van der Waals surface area (Å²) < 4.78 is 0. The van der Waals surface area contributed by atoms with Crippen LogP contribution in [-0.4, -0.2) is 42.0 Å². The second kappa shape index (κ2) is 8.64. The maximum atomic E-state index is 12.1. The number of aromatic nitrogens is 1. The van der Waals surface area contributed by atoms with E-state index >= 15 is 0 Å². The summed E-state index contributed by atoms with van der Waals surface area (Å²) in [7, 11) is 0. The highest BCUT2D eigenvalue weighted by atomic mass is 32.1. The molecular weight excluding hydrogens is 308 g/mol. The van der Waals surface area contributed by atoms with Gasteiger partial charge >= 0.3 is 0 Å². The molecule has 0 fully saturated rings. The molecule has 0 saturated heterocycles. The third kappa shape index (κ3) is 5.04. The maximum absolute atomic E-state index is 12.1. The molecule has 6 heteroatoms. The summed E-state index contributed by atoms with van der Waals surface area (Å²) in [5.74, 6) is -0.119. The highest BCUT2D eigenvalue weighted by Crippen LogP contribution is 2.23. The molecule has 1 aromatic heterocycles. The second-order valence-electron chi connectivity index (χ2n) is 5.26. The maximum Gasteiger partial charge on any atom is 0.270 e. The molecule has 0 radical (unpaired) electrons. The molecule has 0 spiro atoms. The fraction of sp³-hybridized carbons (Fsp3) is 0.412. The summed E-state index contributed by atoms with van der Waals surface area (Å²) in [6, 6.07) is 8.01. The van der Waals surface area contributed by atoms with Gasteiger partial charge in [0, 0.05) is 24.2 Å². The predicted molar refractivity (Wildman–Crippen MR) is 96.7 cm³/mol. The Balaban J connectivity index is 1.89. The van der Waals surface area contributed by atoms with Gasteiger partial charge in [-0.3, -0.25) is 4.79 Å². The van der Waals surface area contributed by atoms with Gasteiger partial charge < -0.3 is 15.5 Å². The number of hydrogen-bond acceptors (Lipinski definition) is 5. The minimum atomic E-state index is -0.119. The minimum Gasteiger partial charge on any atom is -0.349 e. The lowest BCUT2D eigenvalue weighted by atomic mass is 10.2. The van der Waals surface area contributed by atoms with E-state index < -0.39 is 0 Å². The zero-order chi connectivity index (χ0) is 16.7. The predicted octanol–water partition coefficient (Wildman–Crippen LogP) is 3.27. The van der Waals surface area contributed by atoms with Crippen LogP contribution in [0.25, 0.3) is 0 Å². The third-order valence-corrected chi connectivity index (χ3v) is 4.49. The van der Waals surface area contributed by atoms with E-state index in [1.807, 2.05) is 31.2 Å². The van der Waals surface area contributed by atoms with Gasteiger partial charge in [0.05, 0.1) is 0 Å². The van der Waals surface area contributed by atoms with E-state index in [9.17, 15) is 4.79 Å². The van der Waals surface area contributed by atoms with E-state index in [1.165, 1.54) is 11.3 Å². The number of para-hydroxylation sites is 1. The van der Waals surface area contributed by atoms with Crippen molar-refractivity contribution >= 4 is 28.1 Å². The van der Waals surface area contributed by atoms with Gasteiger partial charge in [-0.15, -0.1) is 11.3 Å². The van der Waals surface area contributed by atoms with Gasteiger partial charge in [-0.25, -0.2) is 4.98 Å². The van der Waals surface area contributed by atoms with Crippen LogP contribution in [0.2, 0.25) is 0 Å². The summed E-state index contributed by atoms with van der Waals surface area (Å²) in [6.45, 7) is 9.76. The Kier molecular flexibility index (Phi) is 6.55. The summed E-state index contributed by atoms with van der Waals surface area (Å²) >= 11 is 1.44. The first-order valence-electron chi connectivity index (χ1n) is 7.92. The van der Waals surface area contributed by atoms with Crippen LogP contribution in [0.1, 0.15) is 29.9 Å². The van der Waals surface area contributed by atoms with Gasteiger partial charge in [0.15, 0.2) is 5.13 Å². The number of amides is 1. The number of likely N-dealkylation sites (N-methyl/N-ethyl adjacent to an activating group) is 1. The summed E-state index contributed by atoms with van der Waals surface area (Å²) in [6.07, 6.45) is 0. The van der Waals surface area contributed by atoms with E-state index in [2.05, 4.69) is 34.4 Å². The first-order chi connectivity index (χ1) is 11.1. The minimum absolute atomic E-state index is 0.119. The van der Waals surface area contributed by atoms with Crippen LogP contribution < -0.4 is 10.6 Å². The summed E-state index contributed by atoms with van der Waals surface area (Å²) in [5, 5.41) is 8.70. The monoisotopic (exact) mass is 332 g/mol. The summed E-state index contributed by atoms with van der Waals surface area (Å²) in [4.78, 5) is 18.8. The van der Waals surface area contributed by atoms with E-state index in [0.29, 0.717) is 12.2 Å². The normalized spacial score (nSPS) is 10.8. The van der Waals surface area contributed by atoms with Crippen molar-refractivity contribution in [3.8, 4) is 0 Å². The van der Waals surface area contributed by atoms with E-state index in [1.54, 1.807) is 5.38 Å². The Morgan fingerprint density at radius 1 is 1.26 bits per heavy atom. The molecule has 2 aromatic rings. The number of nitrogens with zero attached hydrogens (tertiary/aromatic N) is 2. The molecule has 1 aromatic carbocycles. The van der Waals surface area contributed by atoms with Crippen molar-refractivity contribution in [1.29, 1.82) is 0 Å². The van der Waals surface area contributed by atoms with Crippen molar-refractivity contribution in [2.24, 2.45) is 0 Å². The average molecular weight is 332 g/mol. The van der Waals surface area contributed by atoms with E-state index in [-0.39, 0.29) is 5.91 Å². The van der Waals surface area contributed by atoms with Gasteiger partial charge in [-0.1, -0.05) is 32.0 Å². The molecule has 2 N–H and O–H groups in total. The Labute approximate surface area is 141 Å². The molecule has 0 aliphatic rings. The van der Waals surface area contributed by atoms with Crippen molar-refractivity contribution in [3.63, 3.8) is 0 Å². The largest absolute Gasteiger partial charge is 0.349 e. The van der Waals surface area contributed by atoms with Crippen LogP contribution >= 0.6 is 11.3 Å². The standard InChI is InChI=1S/C17H24N4OS/c1-4-21(5-2)11-10-18-16(22)15-12-23-17(20-15)19-14-9-7-6-8-13(14)3/h6-9,12H,4-5,10-11H2,1-3H3,(H,18,22)(H,19,20). The van der Waals surface area contributed by atoms with Crippen LogP contribution in [0.15, 0.2) is 29.6 Å². The SMILES string of the molecule is CCN(CC)CCNC(=O)c1csc(Nc2ccccc2C)n1. The zero-order valence-corrected chi connectivity index (χ0v) is 14.7. The zero-order valence-electron chi connectivity index (χ0n) is 13.9. The second-order valence-corrected chi connectivity index (χ2v) is 6.12. The number of aryl methyl sites for hydroxylation is 1. The van der Waals surface area contributed by atoms with Gasteiger partial charge in [-0.2, -0.15) is 0 Å². The lowest BCUT2D eigenvalue weighted by Crippen LogP contribution is -2.34. The molecular formula is C17H24N4OS. The molecule has 0 atom stereocenters. The smallest absolute Gasteiger partial charge is 0.270 e. The van der Waals surface area contributed by atoms with Crippen molar-refractivity contribution in [2.45, 2.75) is 20.8 Å². The van der Waals surface area contributed by atoms with Crippen LogP contribution in [0, 0.1) is 6.92 Å². The molecule has 0 saturated carbocycles. The quantitative estimate of drug-likeness (QED) is 0.779. The highest BCUT2D eigenvalue weighted by molar-refractivity contribution is 7.14. The topological polar surface area (TPSA) is 57.3 Å². The van der Waals surface area contributed by atoms with Gasteiger partial charge in [0.1, 0.15) is 5.69 Å². The van der Waals surface area contributed by atoms with Crippen molar-refractivity contribution in [3.05, 3.63) is 40.9 Å². The van der Waals surface area contributed by atoms with Gasteiger partial charge in [0.25, 0.3) is 5.91 Å². The number of carbonyl (C=O) groups excluding carboxylic acids is 1. The third-order valence-electron chi connectivity index (χ3n) is 3.73. The van der Waals surface area contributed by atoms with Crippen LogP contribution in [-0.2, 0) is 0 Å². The fourth-order valence-electron chi connectivity index (χ4n) is 2.22. The van der Waals surface area contributed by atoms with Gasteiger partial charge in [0.2, 0.25) is 0 Å². The number of carbonyl (C=O) groups is 1. The first kappa shape index (κ1) is 17.4. The highest BCUT2D eigenvalue weighted by Gasteiger charge is 2.11. The van der Waals surface area contributed by atoms with Crippen LogP contribution in [0.5, 0.6) is 0 Å². The number of rotatable bonds is 8. The number of benzene rings is 1. The number of thiazole rings is 1. The Bertz CT molecular complexity index is 637. The molecule has 0 bridgehead atoms. The average Bonchev–Trinajstić information content (AvgIpc) is 3.02. The number of nitrogens with one attached hydrogen (secondary N) is 2. The Morgan fingerprint density at radius 3 is 2.70 bits per heavy atom. The molecule has 1 amide bonds. The van der Waals surface area contributed by atoms with Crippen molar-refractivity contribution in [2.75, 3.05) is 31.5 Å². The lowest BCUT2D eigenvalue weighted by molar-refractivity contribution is 0.0944. The number of anilines is 2. The van der Waals surface area contributed by atoms with Crippen LogP contribution in [0.4, 0.5) is 10.8 Å². The molecule has 124 valence electrons. The molecule has 1 heterocycles. The number of hydrogen-bond donors (Lipinski definition) is 2. The molecule has 0 unspecified atom stereocenters. The Hall–Kier alpha value is -1.92. The molecule has 23 heavy (non-hydrogen) atoms. The molecule has 2 rings (SSSR count). The fourth-order valence-corrected chi connectivity index (χ4v) is 2.92. The molecule has 0 aliphatic heterocycles. The van der Waals surface area contributed by atoms with Crippen molar-refractivity contribution in [1.82, 2.24) is 15.2 Å². The van der Waals surface area contributed by atoms with Crippen molar-refractivity contribution < 1.29 is 4.79 Å². The Morgan fingerprint density at radius 2 is 2.00 bits per heavy atom. The van der Waals surface area contributed by atoms with Gasteiger partial charge in [-0.05, 0) is 31.6 Å². The first-order valence-corrected chi connectivity index (χ1v) is 8.80. The van der Waals surface area contributed by atoms with E-state index in [4.69, 9.17) is 0 Å². The molecule has 0 aliphatic carbocycles. The van der Waals surface area contributed by atoms with Crippen LogP contribution in [0.3, 0.4) is 0 Å². The van der Waals surface area contributed by atoms with E-state index in [0.717, 1.165) is 36.0 Å².